The Kier molecular flexibility index (Phi) is 5.41. The standard InChI is InChI=1S/C24H18O5S/c1-28-22(27)13-4-15-2-10-19(11-3-15)29-23-20-12-9-18(26)14-21(20)30-24(23)16-5-7-17(25)8-6-16/h2-14,25-26H,1H3/b13-4+. The van der Waals surface area contributed by atoms with Gasteiger partial charge in [-0.1, -0.05) is 12.1 Å². The second-order valence-electron chi connectivity index (χ2n) is 6.52. The number of hydrogen-bond donors (Lipinski definition) is 2. The van der Waals surface area contributed by atoms with Crippen LogP contribution in [-0.2, 0) is 9.53 Å². The Morgan fingerprint density at radius 2 is 1.63 bits per heavy atom. The number of phenolic OH excluding ortho intramolecular Hbond substituents is 2. The molecule has 3 aromatic carbocycles. The van der Waals surface area contributed by atoms with Crippen LogP contribution in [0.4, 0.5) is 0 Å². The maximum atomic E-state index is 11.2. The first-order chi connectivity index (χ1) is 14.5. The minimum Gasteiger partial charge on any atom is -0.508 e. The Bertz CT molecular complexity index is 1220. The quantitative estimate of drug-likeness (QED) is 0.309. The number of fused-ring (bicyclic) bond motifs is 1. The van der Waals surface area contributed by atoms with E-state index in [1.54, 1.807) is 30.3 Å². The highest BCUT2D eigenvalue weighted by Gasteiger charge is 2.17. The summed E-state index contributed by atoms with van der Waals surface area (Å²) in [6.45, 7) is 0. The van der Waals surface area contributed by atoms with Crippen molar-refractivity contribution in [2.45, 2.75) is 0 Å². The van der Waals surface area contributed by atoms with E-state index in [-0.39, 0.29) is 11.5 Å². The van der Waals surface area contributed by atoms with Crippen LogP contribution >= 0.6 is 11.3 Å². The van der Waals surface area contributed by atoms with E-state index in [2.05, 4.69) is 4.74 Å². The van der Waals surface area contributed by atoms with E-state index in [9.17, 15) is 15.0 Å². The fraction of sp³-hybridized carbons (Fsp3) is 0.0417. The molecule has 0 aliphatic carbocycles. The van der Waals surface area contributed by atoms with Crippen molar-refractivity contribution in [3.63, 3.8) is 0 Å². The predicted molar refractivity (Wildman–Crippen MR) is 118 cm³/mol. The van der Waals surface area contributed by atoms with Crippen LogP contribution in [0.5, 0.6) is 23.0 Å². The molecule has 0 atom stereocenters. The summed E-state index contributed by atoms with van der Waals surface area (Å²) in [5, 5.41) is 20.4. The van der Waals surface area contributed by atoms with Crippen molar-refractivity contribution in [2.24, 2.45) is 0 Å². The van der Waals surface area contributed by atoms with Crippen molar-refractivity contribution in [1.82, 2.24) is 0 Å². The Balaban J connectivity index is 1.71. The topological polar surface area (TPSA) is 76.0 Å². The van der Waals surface area contributed by atoms with Crippen LogP contribution < -0.4 is 4.74 Å². The van der Waals surface area contributed by atoms with Gasteiger partial charge in [-0.3, -0.25) is 0 Å². The molecule has 6 heteroatoms. The van der Waals surface area contributed by atoms with Crippen molar-refractivity contribution >= 4 is 33.5 Å². The van der Waals surface area contributed by atoms with Gasteiger partial charge in [-0.05, 0) is 71.8 Å². The van der Waals surface area contributed by atoms with Gasteiger partial charge in [0.05, 0.1) is 12.0 Å². The maximum absolute atomic E-state index is 11.2. The lowest BCUT2D eigenvalue weighted by molar-refractivity contribution is -0.134. The lowest BCUT2D eigenvalue weighted by Gasteiger charge is -2.09. The molecule has 0 fully saturated rings. The molecule has 0 saturated carbocycles. The largest absolute Gasteiger partial charge is 0.508 e. The number of aromatic hydroxyl groups is 2. The normalized spacial score (nSPS) is 11.1. The van der Waals surface area contributed by atoms with Gasteiger partial charge in [-0.2, -0.15) is 0 Å². The first kappa shape index (κ1) is 19.5. The van der Waals surface area contributed by atoms with Crippen molar-refractivity contribution in [2.75, 3.05) is 7.11 Å². The average Bonchev–Trinajstić information content (AvgIpc) is 3.10. The Morgan fingerprint density at radius 1 is 0.933 bits per heavy atom. The second kappa shape index (κ2) is 8.31. The SMILES string of the molecule is COC(=O)/C=C/c1ccc(Oc2c(-c3ccc(O)cc3)sc3cc(O)ccc23)cc1. The molecule has 30 heavy (non-hydrogen) atoms. The van der Waals surface area contributed by atoms with E-state index in [1.165, 1.54) is 24.5 Å². The molecule has 0 radical (unpaired) electrons. The number of carbonyl (C=O) groups is 1. The van der Waals surface area contributed by atoms with E-state index in [0.29, 0.717) is 11.5 Å². The lowest BCUT2D eigenvalue weighted by Crippen LogP contribution is -1.93. The fourth-order valence-corrected chi connectivity index (χ4v) is 4.13. The summed E-state index contributed by atoms with van der Waals surface area (Å²) < 4.78 is 11.7. The Morgan fingerprint density at radius 3 is 2.33 bits per heavy atom. The number of thiophene rings is 1. The van der Waals surface area contributed by atoms with Gasteiger partial charge < -0.3 is 19.7 Å². The van der Waals surface area contributed by atoms with Crippen molar-refractivity contribution in [1.29, 1.82) is 0 Å². The minimum absolute atomic E-state index is 0.189. The number of esters is 1. The number of carbonyl (C=O) groups excluding carboxylic acids is 1. The molecular formula is C24H18O5S. The zero-order valence-corrected chi connectivity index (χ0v) is 16.8. The summed E-state index contributed by atoms with van der Waals surface area (Å²) in [6.07, 6.45) is 3.03. The molecule has 0 aliphatic rings. The van der Waals surface area contributed by atoms with Crippen LogP contribution in [0.2, 0.25) is 0 Å². The van der Waals surface area contributed by atoms with E-state index < -0.39 is 5.97 Å². The van der Waals surface area contributed by atoms with Crippen LogP contribution in [0.15, 0.2) is 72.8 Å². The molecule has 1 heterocycles. The zero-order valence-electron chi connectivity index (χ0n) is 16.0. The number of ether oxygens (including phenoxy) is 2. The van der Waals surface area contributed by atoms with Gasteiger partial charge in [-0.15, -0.1) is 11.3 Å². The highest BCUT2D eigenvalue weighted by Crippen LogP contribution is 2.47. The van der Waals surface area contributed by atoms with Crippen LogP contribution in [0.1, 0.15) is 5.56 Å². The van der Waals surface area contributed by atoms with Crippen LogP contribution in [0.3, 0.4) is 0 Å². The third-order valence-corrected chi connectivity index (χ3v) is 5.65. The van der Waals surface area contributed by atoms with Crippen LogP contribution in [-0.4, -0.2) is 23.3 Å². The number of benzene rings is 3. The molecule has 4 rings (SSSR count). The van der Waals surface area contributed by atoms with E-state index in [4.69, 9.17) is 4.74 Å². The summed E-state index contributed by atoms with van der Waals surface area (Å²) in [7, 11) is 1.33. The van der Waals surface area contributed by atoms with E-state index in [1.807, 2.05) is 42.5 Å². The van der Waals surface area contributed by atoms with Crippen LogP contribution in [0.25, 0.3) is 26.6 Å². The molecular weight excluding hydrogens is 400 g/mol. The first-order valence-electron chi connectivity index (χ1n) is 9.12. The number of methoxy groups -OCH3 is 1. The summed E-state index contributed by atoms with van der Waals surface area (Å²) in [5.41, 5.74) is 1.74. The zero-order chi connectivity index (χ0) is 21.1. The Hall–Kier alpha value is -3.77. The van der Waals surface area contributed by atoms with E-state index >= 15 is 0 Å². The van der Waals surface area contributed by atoms with Gasteiger partial charge in [0.2, 0.25) is 0 Å². The molecule has 150 valence electrons. The predicted octanol–water partition coefficient (Wildman–Crippen LogP) is 5.96. The number of phenols is 2. The molecule has 4 aromatic rings. The summed E-state index contributed by atoms with van der Waals surface area (Å²) in [4.78, 5) is 12.1. The van der Waals surface area contributed by atoms with Gasteiger partial charge in [0.25, 0.3) is 0 Å². The highest BCUT2D eigenvalue weighted by atomic mass is 32.1. The molecule has 1 aromatic heterocycles. The van der Waals surface area contributed by atoms with Gasteiger partial charge in [0.15, 0.2) is 5.75 Å². The van der Waals surface area contributed by atoms with Crippen molar-refractivity contribution in [3.8, 4) is 33.4 Å². The first-order valence-corrected chi connectivity index (χ1v) is 9.94. The van der Waals surface area contributed by atoms with Crippen LogP contribution in [0, 0.1) is 0 Å². The second-order valence-corrected chi connectivity index (χ2v) is 7.57. The van der Waals surface area contributed by atoms with Gasteiger partial charge in [0.1, 0.15) is 17.2 Å². The third kappa shape index (κ3) is 4.14. The summed E-state index contributed by atoms with van der Waals surface area (Å²) in [5.74, 6) is 1.28. The average molecular weight is 418 g/mol. The minimum atomic E-state index is -0.415. The third-order valence-electron chi connectivity index (χ3n) is 4.47. The molecule has 0 saturated heterocycles. The monoisotopic (exact) mass is 418 g/mol. The smallest absolute Gasteiger partial charge is 0.330 e. The number of hydrogen-bond acceptors (Lipinski definition) is 6. The molecule has 0 amide bonds. The van der Waals surface area contributed by atoms with Crippen molar-refractivity contribution < 1.29 is 24.5 Å². The van der Waals surface area contributed by atoms with Gasteiger partial charge in [0, 0.05) is 16.2 Å². The molecule has 0 unspecified atom stereocenters. The summed E-state index contributed by atoms with van der Waals surface area (Å²) >= 11 is 1.50. The molecule has 0 bridgehead atoms. The lowest BCUT2D eigenvalue weighted by atomic mass is 10.1. The number of rotatable bonds is 5. The molecule has 0 aliphatic heterocycles. The van der Waals surface area contributed by atoms with Gasteiger partial charge in [-0.25, -0.2) is 4.79 Å². The Labute approximate surface area is 177 Å². The highest BCUT2D eigenvalue weighted by molar-refractivity contribution is 7.22. The maximum Gasteiger partial charge on any atom is 0.330 e. The van der Waals surface area contributed by atoms with Crippen molar-refractivity contribution in [3.05, 3.63) is 78.4 Å². The van der Waals surface area contributed by atoms with E-state index in [0.717, 1.165) is 26.1 Å². The molecule has 5 nitrogen and oxygen atoms in total. The van der Waals surface area contributed by atoms with Gasteiger partial charge >= 0.3 is 5.97 Å². The fourth-order valence-electron chi connectivity index (χ4n) is 2.96. The molecule has 0 spiro atoms. The summed E-state index contributed by atoms with van der Waals surface area (Å²) in [6, 6.07) is 19.4. The molecule has 2 N–H and O–H groups in total.